The van der Waals surface area contributed by atoms with Gasteiger partial charge in [-0.2, -0.15) is 0 Å². The van der Waals surface area contributed by atoms with E-state index in [0.717, 1.165) is 70.6 Å². The number of ether oxygens (including phenoxy) is 2. The van der Waals surface area contributed by atoms with E-state index in [4.69, 9.17) is 9.47 Å². The molecule has 51 heavy (non-hydrogen) atoms. The Bertz CT molecular complexity index is 1030. The highest BCUT2D eigenvalue weighted by molar-refractivity contribution is 6.24. The molecule has 0 saturated heterocycles. The van der Waals surface area contributed by atoms with E-state index >= 15 is 0 Å². The van der Waals surface area contributed by atoms with Crippen LogP contribution in [0.5, 0.6) is 0 Å². The topological polar surface area (TPSA) is 111 Å². The Morgan fingerprint density at radius 3 is 1.27 bits per heavy atom. The van der Waals surface area contributed by atoms with E-state index in [1.54, 1.807) is 6.92 Å². The first-order valence-electron chi connectivity index (χ1n) is 21.2. The molecule has 0 unspecified atom stereocenters. The van der Waals surface area contributed by atoms with Crippen LogP contribution < -0.4 is 10.6 Å². The molecule has 0 saturated carbocycles. The first-order chi connectivity index (χ1) is 24.9. The predicted octanol–water partition coefficient (Wildman–Crippen LogP) is 10.5. The van der Waals surface area contributed by atoms with Gasteiger partial charge in [-0.05, 0) is 45.4 Å². The third kappa shape index (κ3) is 22.8. The summed E-state index contributed by atoms with van der Waals surface area (Å²) in [5, 5.41) is 6.42. The van der Waals surface area contributed by atoms with Gasteiger partial charge in [0.1, 0.15) is 0 Å². The minimum absolute atomic E-state index is 0.144. The third-order valence-corrected chi connectivity index (χ3v) is 9.77. The number of carbonyl (C=O) groups is 4. The normalized spacial score (nSPS) is 13.3. The molecule has 294 valence electrons. The molecule has 8 heteroatoms. The van der Waals surface area contributed by atoms with Crippen molar-refractivity contribution in [2.75, 3.05) is 26.3 Å². The number of ketones is 2. The minimum Gasteiger partial charge on any atom is -0.466 e. The van der Waals surface area contributed by atoms with Gasteiger partial charge in [0.2, 0.25) is 11.6 Å². The Morgan fingerprint density at radius 1 is 0.471 bits per heavy atom. The van der Waals surface area contributed by atoms with Gasteiger partial charge in [0, 0.05) is 37.1 Å². The maximum atomic E-state index is 13.8. The number of carbonyl (C=O) groups excluding carboxylic acids is 4. The highest BCUT2D eigenvalue weighted by Gasteiger charge is 2.32. The molecule has 1 rings (SSSR count). The summed E-state index contributed by atoms with van der Waals surface area (Å²) in [6.45, 7) is 9.97. The van der Waals surface area contributed by atoms with Gasteiger partial charge in [-0.15, -0.1) is 0 Å². The first-order valence-corrected chi connectivity index (χ1v) is 21.2. The predicted molar refractivity (Wildman–Crippen MR) is 209 cm³/mol. The van der Waals surface area contributed by atoms with Crippen molar-refractivity contribution in [3.63, 3.8) is 0 Å². The van der Waals surface area contributed by atoms with Crippen molar-refractivity contribution in [2.45, 2.75) is 201 Å². The molecule has 0 heterocycles. The number of hydrogen-bond donors (Lipinski definition) is 2. The Labute approximate surface area is 312 Å². The molecule has 1 aliphatic rings. The van der Waals surface area contributed by atoms with Crippen LogP contribution in [0.3, 0.4) is 0 Å². The van der Waals surface area contributed by atoms with Crippen molar-refractivity contribution >= 4 is 23.5 Å². The van der Waals surface area contributed by atoms with Crippen LogP contribution in [0.25, 0.3) is 0 Å². The zero-order valence-corrected chi connectivity index (χ0v) is 33.4. The Morgan fingerprint density at radius 2 is 0.843 bits per heavy atom. The van der Waals surface area contributed by atoms with E-state index in [2.05, 4.69) is 31.4 Å². The van der Waals surface area contributed by atoms with Gasteiger partial charge in [-0.25, -0.2) is 0 Å². The van der Waals surface area contributed by atoms with E-state index in [-0.39, 0.29) is 36.3 Å². The van der Waals surface area contributed by atoms with Crippen molar-refractivity contribution in [3.05, 3.63) is 22.5 Å². The van der Waals surface area contributed by atoms with Crippen molar-refractivity contribution in [3.8, 4) is 0 Å². The monoisotopic (exact) mass is 717 g/mol. The number of unbranched alkanes of at least 4 members (excludes halogenated alkanes) is 19. The fourth-order valence-corrected chi connectivity index (χ4v) is 6.47. The summed E-state index contributed by atoms with van der Waals surface area (Å²) in [7, 11) is 0. The summed E-state index contributed by atoms with van der Waals surface area (Å²) < 4.78 is 10.7. The average molecular weight is 717 g/mol. The van der Waals surface area contributed by atoms with E-state index in [0.29, 0.717) is 68.1 Å². The SMILES string of the molecule is CCCCCCCCCCCCCCCCC1=C(NCCCC(=O)OCCCCCC)C(=O)C(C)=C(NCCCC(=O)OCCCCCC)C1=O. The van der Waals surface area contributed by atoms with Gasteiger partial charge in [0.15, 0.2) is 0 Å². The molecule has 0 aromatic carbocycles. The lowest BCUT2D eigenvalue weighted by molar-refractivity contribution is -0.144. The summed E-state index contributed by atoms with van der Waals surface area (Å²) in [5.41, 5.74) is 1.62. The van der Waals surface area contributed by atoms with E-state index in [1.807, 2.05) is 0 Å². The number of nitrogens with one attached hydrogen (secondary N) is 2. The first kappa shape index (κ1) is 46.4. The maximum absolute atomic E-state index is 13.8. The van der Waals surface area contributed by atoms with E-state index in [1.165, 1.54) is 70.6 Å². The Hall–Kier alpha value is -2.64. The largest absolute Gasteiger partial charge is 0.466 e. The van der Waals surface area contributed by atoms with E-state index < -0.39 is 0 Å². The molecule has 0 aromatic rings. The standard InChI is InChI=1S/C43H76N2O6/c1-5-8-11-14-15-16-17-18-19-20-21-22-23-24-29-37-41(45-33-28-31-39(47)51-35-26-13-10-7-3)42(48)36(4)40(43(37)49)44-32-27-30-38(46)50-34-25-12-9-6-2/h44-45H,5-35H2,1-4H3. The molecule has 0 fully saturated rings. The molecule has 0 spiro atoms. The van der Waals surface area contributed by atoms with Crippen molar-refractivity contribution in [2.24, 2.45) is 0 Å². The highest BCUT2D eigenvalue weighted by atomic mass is 16.5. The smallest absolute Gasteiger partial charge is 0.305 e. The molecular weight excluding hydrogens is 640 g/mol. The van der Waals surface area contributed by atoms with Crippen LogP contribution in [0.4, 0.5) is 0 Å². The lowest BCUT2D eigenvalue weighted by Crippen LogP contribution is -2.36. The minimum atomic E-state index is -0.227. The van der Waals surface area contributed by atoms with E-state index in [9.17, 15) is 19.2 Å². The fourth-order valence-electron chi connectivity index (χ4n) is 6.47. The van der Waals surface area contributed by atoms with Crippen LogP contribution in [0.2, 0.25) is 0 Å². The van der Waals surface area contributed by atoms with Gasteiger partial charge in [0.05, 0.1) is 24.6 Å². The Balaban J connectivity index is 2.61. The summed E-state index contributed by atoms with van der Waals surface area (Å²) in [4.78, 5) is 51.7. The summed E-state index contributed by atoms with van der Waals surface area (Å²) in [6.07, 6.45) is 28.2. The van der Waals surface area contributed by atoms with Crippen LogP contribution in [0.15, 0.2) is 22.5 Å². The van der Waals surface area contributed by atoms with Gasteiger partial charge in [-0.1, -0.05) is 143 Å². The summed E-state index contributed by atoms with van der Waals surface area (Å²) in [5.74, 6) is -0.772. The van der Waals surface area contributed by atoms with Crippen molar-refractivity contribution in [1.29, 1.82) is 0 Å². The lowest BCUT2D eigenvalue weighted by atomic mass is 9.88. The van der Waals surface area contributed by atoms with Crippen molar-refractivity contribution < 1.29 is 28.7 Å². The summed E-state index contributed by atoms with van der Waals surface area (Å²) >= 11 is 0. The van der Waals surface area contributed by atoms with Crippen LogP contribution in [0.1, 0.15) is 201 Å². The van der Waals surface area contributed by atoms with Crippen LogP contribution in [-0.4, -0.2) is 49.8 Å². The molecule has 0 radical (unpaired) electrons. The molecule has 0 atom stereocenters. The Kier molecular flexibility index (Phi) is 29.1. The van der Waals surface area contributed by atoms with Gasteiger partial charge in [0.25, 0.3) is 0 Å². The average Bonchev–Trinajstić information content (AvgIpc) is 3.12. The molecule has 0 amide bonds. The second-order valence-electron chi connectivity index (χ2n) is 14.5. The zero-order chi connectivity index (χ0) is 37.4. The molecular formula is C43H76N2O6. The van der Waals surface area contributed by atoms with Gasteiger partial charge in [-0.3, -0.25) is 19.2 Å². The number of hydrogen-bond acceptors (Lipinski definition) is 8. The summed E-state index contributed by atoms with van der Waals surface area (Å²) in [6, 6.07) is 0. The lowest BCUT2D eigenvalue weighted by Gasteiger charge is -2.24. The highest BCUT2D eigenvalue weighted by Crippen LogP contribution is 2.26. The number of allylic oxidation sites excluding steroid dienone is 2. The van der Waals surface area contributed by atoms with Crippen LogP contribution in [0, 0.1) is 0 Å². The zero-order valence-electron chi connectivity index (χ0n) is 33.4. The molecule has 8 nitrogen and oxygen atoms in total. The quantitative estimate of drug-likeness (QED) is 0.0379. The van der Waals surface area contributed by atoms with Crippen LogP contribution >= 0.6 is 0 Å². The molecule has 0 aliphatic heterocycles. The van der Waals surface area contributed by atoms with Gasteiger partial charge < -0.3 is 20.1 Å². The molecule has 0 bridgehead atoms. The number of Topliss-reactive ketones (excluding diaryl/α,β-unsaturated/α-hetero) is 2. The number of esters is 2. The second-order valence-corrected chi connectivity index (χ2v) is 14.5. The fraction of sp³-hybridized carbons (Fsp3) is 0.814. The number of rotatable bonds is 35. The van der Waals surface area contributed by atoms with Gasteiger partial charge >= 0.3 is 11.9 Å². The second kappa shape index (κ2) is 32.0. The molecule has 0 aromatic heterocycles. The van der Waals surface area contributed by atoms with Crippen LogP contribution in [-0.2, 0) is 28.7 Å². The maximum Gasteiger partial charge on any atom is 0.305 e. The third-order valence-electron chi connectivity index (χ3n) is 9.77. The molecule has 2 N–H and O–H groups in total. The molecule has 1 aliphatic carbocycles. The van der Waals surface area contributed by atoms with Crippen molar-refractivity contribution in [1.82, 2.24) is 10.6 Å².